The maximum Gasteiger partial charge on any atom is 0.188 e. The predicted octanol–water partition coefficient (Wildman–Crippen LogP) is 2.29. The monoisotopic (exact) mass is 478 g/mol. The molecule has 1 atom stereocenters. The lowest BCUT2D eigenvalue weighted by Gasteiger charge is -2.20. The van der Waals surface area contributed by atoms with Crippen molar-refractivity contribution < 1.29 is 0 Å². The third-order valence-electron chi connectivity index (χ3n) is 4.98. The smallest absolute Gasteiger partial charge is 0.188 e. The summed E-state index contributed by atoms with van der Waals surface area (Å²) in [5.41, 5.74) is 7.15. The highest BCUT2D eigenvalue weighted by Gasteiger charge is 2.22. The van der Waals surface area contributed by atoms with E-state index in [1.165, 1.54) is 37.4 Å². The van der Waals surface area contributed by atoms with E-state index in [4.69, 9.17) is 10.7 Å². The quantitative estimate of drug-likeness (QED) is 0.358. The van der Waals surface area contributed by atoms with E-state index in [1.807, 2.05) is 0 Å². The molecule has 3 N–H and O–H groups in total. The van der Waals surface area contributed by atoms with Crippen LogP contribution in [0.1, 0.15) is 38.3 Å². The molecule has 0 spiro atoms. The molecule has 1 aromatic heterocycles. The summed E-state index contributed by atoms with van der Waals surface area (Å²) in [6.07, 6.45) is 6.00. The van der Waals surface area contributed by atoms with Gasteiger partial charge in [0.25, 0.3) is 0 Å². The van der Waals surface area contributed by atoms with Gasteiger partial charge >= 0.3 is 0 Å². The Labute approximate surface area is 172 Å². The Morgan fingerprint density at radius 1 is 1.36 bits per heavy atom. The van der Waals surface area contributed by atoms with Crippen LogP contribution in [0.5, 0.6) is 0 Å². The second-order valence-corrected chi connectivity index (χ2v) is 7.48. The van der Waals surface area contributed by atoms with Crippen LogP contribution in [0.3, 0.4) is 0 Å². The van der Waals surface area contributed by atoms with E-state index in [0.29, 0.717) is 12.0 Å². The molecule has 0 aromatic carbocycles. The number of rotatable bonds is 7. The van der Waals surface area contributed by atoms with Crippen molar-refractivity contribution in [3.05, 3.63) is 11.1 Å². The molecule has 0 bridgehead atoms. The fourth-order valence-corrected chi connectivity index (χ4v) is 4.47. The molecule has 0 aliphatic carbocycles. The van der Waals surface area contributed by atoms with Crippen LogP contribution in [0.15, 0.2) is 10.4 Å². The van der Waals surface area contributed by atoms with Gasteiger partial charge in [0.1, 0.15) is 0 Å². The third kappa shape index (κ3) is 5.96. The predicted molar refractivity (Wildman–Crippen MR) is 117 cm³/mol. The Bertz CT molecular complexity index is 543. The maximum atomic E-state index is 6.00. The Balaban J connectivity index is 0.00000225. The molecule has 0 saturated carbocycles. The van der Waals surface area contributed by atoms with Crippen LogP contribution in [0.2, 0.25) is 0 Å². The highest BCUT2D eigenvalue weighted by atomic mass is 127. The number of halogens is 1. The molecule has 0 amide bonds. The molecule has 2 saturated heterocycles. The Kier molecular flexibility index (Phi) is 8.71. The SMILES string of the molecule is CCN1CCCC1CN=C(N)NCCc1csc(N2CCCC2)n1.I. The van der Waals surface area contributed by atoms with Crippen molar-refractivity contribution in [3.8, 4) is 0 Å². The second-order valence-electron chi connectivity index (χ2n) is 6.64. The molecule has 25 heavy (non-hydrogen) atoms. The van der Waals surface area contributed by atoms with Crippen LogP contribution in [-0.4, -0.2) is 61.2 Å². The van der Waals surface area contributed by atoms with Gasteiger partial charge in [-0.3, -0.25) is 9.89 Å². The first-order chi connectivity index (χ1) is 11.8. The van der Waals surface area contributed by atoms with E-state index in [0.717, 1.165) is 44.8 Å². The second kappa shape index (κ2) is 10.5. The third-order valence-corrected chi connectivity index (χ3v) is 5.93. The number of anilines is 1. The summed E-state index contributed by atoms with van der Waals surface area (Å²) in [6.45, 7) is 8.43. The van der Waals surface area contributed by atoms with Gasteiger partial charge in [-0.2, -0.15) is 0 Å². The molecule has 8 heteroatoms. The number of likely N-dealkylation sites (tertiary alicyclic amines) is 1. The topological polar surface area (TPSA) is 69.8 Å². The zero-order valence-electron chi connectivity index (χ0n) is 15.1. The fraction of sp³-hybridized carbons (Fsp3) is 0.765. The number of guanidine groups is 1. The summed E-state index contributed by atoms with van der Waals surface area (Å²) >= 11 is 1.76. The summed E-state index contributed by atoms with van der Waals surface area (Å²) in [4.78, 5) is 14.1. The molecule has 2 aliphatic rings. The first-order valence-corrected chi connectivity index (χ1v) is 10.1. The normalized spacial score (nSPS) is 21.6. The van der Waals surface area contributed by atoms with Crippen molar-refractivity contribution in [1.82, 2.24) is 15.2 Å². The van der Waals surface area contributed by atoms with Gasteiger partial charge in [-0.05, 0) is 38.8 Å². The van der Waals surface area contributed by atoms with Gasteiger partial charge in [0, 0.05) is 37.5 Å². The standard InChI is InChI=1S/C17H30N6S.HI/c1-2-22-11-5-6-15(22)12-20-16(18)19-8-7-14-13-24-17(21-14)23-9-3-4-10-23;/h13,15H,2-12H2,1H3,(H3,18,19,20);1H. The lowest BCUT2D eigenvalue weighted by atomic mass is 10.2. The zero-order chi connectivity index (χ0) is 16.8. The molecule has 1 unspecified atom stereocenters. The van der Waals surface area contributed by atoms with E-state index in [-0.39, 0.29) is 24.0 Å². The Morgan fingerprint density at radius 2 is 2.16 bits per heavy atom. The summed E-state index contributed by atoms with van der Waals surface area (Å²) in [6, 6.07) is 0.567. The summed E-state index contributed by atoms with van der Waals surface area (Å²) in [5.74, 6) is 0.563. The number of likely N-dealkylation sites (N-methyl/N-ethyl adjacent to an activating group) is 1. The minimum Gasteiger partial charge on any atom is -0.370 e. The number of hydrogen-bond acceptors (Lipinski definition) is 5. The fourth-order valence-electron chi connectivity index (χ4n) is 3.56. The number of aromatic nitrogens is 1. The van der Waals surface area contributed by atoms with Crippen molar-refractivity contribution >= 4 is 46.4 Å². The molecule has 0 radical (unpaired) electrons. The van der Waals surface area contributed by atoms with Crippen LogP contribution < -0.4 is 16.0 Å². The molecule has 1 aromatic rings. The molecule has 2 fully saturated rings. The average molecular weight is 478 g/mol. The van der Waals surface area contributed by atoms with Crippen LogP contribution in [0, 0.1) is 0 Å². The number of aliphatic imine (C=N–C) groups is 1. The van der Waals surface area contributed by atoms with Gasteiger partial charge in [-0.1, -0.05) is 6.92 Å². The number of nitrogens with one attached hydrogen (secondary N) is 1. The first-order valence-electron chi connectivity index (χ1n) is 9.23. The van der Waals surface area contributed by atoms with Crippen molar-refractivity contribution in [2.75, 3.05) is 44.2 Å². The summed E-state index contributed by atoms with van der Waals surface area (Å²) in [7, 11) is 0. The lowest BCUT2D eigenvalue weighted by molar-refractivity contribution is 0.273. The van der Waals surface area contributed by atoms with Crippen LogP contribution in [0.25, 0.3) is 0 Å². The lowest BCUT2D eigenvalue weighted by Crippen LogP contribution is -2.36. The Morgan fingerprint density at radius 3 is 2.92 bits per heavy atom. The van der Waals surface area contributed by atoms with Crippen LogP contribution in [0.4, 0.5) is 5.13 Å². The van der Waals surface area contributed by atoms with Crippen molar-refractivity contribution in [2.45, 2.75) is 45.1 Å². The van der Waals surface area contributed by atoms with Gasteiger partial charge in [-0.25, -0.2) is 4.98 Å². The molecular formula is C17H31IN6S. The van der Waals surface area contributed by atoms with E-state index in [2.05, 4.69) is 32.4 Å². The van der Waals surface area contributed by atoms with Crippen LogP contribution in [-0.2, 0) is 6.42 Å². The largest absolute Gasteiger partial charge is 0.370 e. The number of nitrogens with zero attached hydrogens (tertiary/aromatic N) is 4. The van der Waals surface area contributed by atoms with Gasteiger partial charge in [0.05, 0.1) is 12.2 Å². The van der Waals surface area contributed by atoms with Gasteiger partial charge in [0.2, 0.25) is 0 Å². The molecule has 3 heterocycles. The first kappa shape index (κ1) is 20.7. The van der Waals surface area contributed by atoms with Gasteiger partial charge < -0.3 is 16.0 Å². The molecule has 3 rings (SSSR count). The van der Waals surface area contributed by atoms with Crippen LogP contribution >= 0.6 is 35.3 Å². The molecule has 142 valence electrons. The number of nitrogens with two attached hydrogens (primary N) is 1. The molecule has 6 nitrogen and oxygen atoms in total. The Hall–Kier alpha value is -0.610. The highest BCUT2D eigenvalue weighted by molar-refractivity contribution is 14.0. The van der Waals surface area contributed by atoms with E-state index in [1.54, 1.807) is 11.3 Å². The molecular weight excluding hydrogens is 447 g/mol. The van der Waals surface area contributed by atoms with E-state index < -0.39 is 0 Å². The number of hydrogen-bond donors (Lipinski definition) is 2. The molecule has 2 aliphatic heterocycles. The zero-order valence-corrected chi connectivity index (χ0v) is 18.3. The summed E-state index contributed by atoms with van der Waals surface area (Å²) < 4.78 is 0. The minimum atomic E-state index is 0. The van der Waals surface area contributed by atoms with Gasteiger partial charge in [0.15, 0.2) is 11.1 Å². The van der Waals surface area contributed by atoms with E-state index >= 15 is 0 Å². The highest BCUT2D eigenvalue weighted by Crippen LogP contribution is 2.24. The minimum absolute atomic E-state index is 0. The van der Waals surface area contributed by atoms with Gasteiger partial charge in [-0.15, -0.1) is 35.3 Å². The summed E-state index contributed by atoms with van der Waals surface area (Å²) in [5, 5.41) is 6.57. The van der Waals surface area contributed by atoms with Crippen molar-refractivity contribution in [1.29, 1.82) is 0 Å². The van der Waals surface area contributed by atoms with Crippen molar-refractivity contribution in [2.24, 2.45) is 10.7 Å². The van der Waals surface area contributed by atoms with Crippen molar-refractivity contribution in [3.63, 3.8) is 0 Å². The number of thiazole rings is 1. The maximum absolute atomic E-state index is 6.00. The average Bonchev–Trinajstić information content (AvgIpc) is 3.32. The van der Waals surface area contributed by atoms with E-state index in [9.17, 15) is 0 Å².